The average Bonchev–Trinajstić information content (AvgIpc) is 2.74. The second kappa shape index (κ2) is 4.59. The van der Waals surface area contributed by atoms with Gasteiger partial charge in [0.15, 0.2) is 6.10 Å². The van der Waals surface area contributed by atoms with Gasteiger partial charge in [-0.05, 0) is 17.7 Å². The molecule has 0 fully saturated rings. The van der Waals surface area contributed by atoms with Crippen LogP contribution in [0.2, 0.25) is 5.02 Å². The second-order valence-electron chi connectivity index (χ2n) is 3.96. The van der Waals surface area contributed by atoms with Crippen molar-refractivity contribution in [3.8, 4) is 5.75 Å². The van der Waals surface area contributed by atoms with Crippen LogP contribution in [0.3, 0.4) is 0 Å². The monoisotopic (exact) mass is 284 g/mol. The Hall–Kier alpha value is -1.01. The van der Waals surface area contributed by atoms with E-state index in [1.807, 2.05) is 0 Å². The zero-order chi connectivity index (χ0) is 13.5. The standard InChI is InChI=1S/C11H9ClF4O2/c12-6-3-5-1-2-18-8(5)7(4-6)9(17)11(15,16)10(13)14/h3-4,9-10,17H,1-2H2. The Bertz CT molecular complexity index is 465. The zero-order valence-corrected chi connectivity index (χ0v) is 9.72. The Labute approximate surface area is 105 Å². The van der Waals surface area contributed by atoms with Crippen LogP contribution in [0.5, 0.6) is 5.75 Å². The quantitative estimate of drug-likeness (QED) is 0.864. The largest absolute Gasteiger partial charge is 0.493 e. The number of aliphatic hydroxyl groups is 1. The summed E-state index contributed by atoms with van der Waals surface area (Å²) in [5, 5.41) is 9.53. The van der Waals surface area contributed by atoms with E-state index in [-0.39, 0.29) is 17.4 Å². The molecule has 0 spiro atoms. The predicted molar refractivity (Wildman–Crippen MR) is 56.6 cm³/mol. The maximum atomic E-state index is 13.1. The summed E-state index contributed by atoms with van der Waals surface area (Å²) in [6.07, 6.45) is -6.18. The van der Waals surface area contributed by atoms with E-state index < -0.39 is 24.0 Å². The van der Waals surface area contributed by atoms with Gasteiger partial charge in [0.05, 0.1) is 6.61 Å². The highest BCUT2D eigenvalue weighted by Crippen LogP contribution is 2.43. The van der Waals surface area contributed by atoms with E-state index in [0.717, 1.165) is 6.07 Å². The molecule has 18 heavy (non-hydrogen) atoms. The van der Waals surface area contributed by atoms with Crippen LogP contribution in [-0.4, -0.2) is 24.1 Å². The number of halogens is 5. The van der Waals surface area contributed by atoms with E-state index in [0.29, 0.717) is 12.0 Å². The summed E-state index contributed by atoms with van der Waals surface area (Å²) < 4.78 is 55.8. The van der Waals surface area contributed by atoms with Gasteiger partial charge in [-0.15, -0.1) is 0 Å². The number of benzene rings is 1. The third-order valence-corrected chi connectivity index (χ3v) is 2.95. The van der Waals surface area contributed by atoms with E-state index in [4.69, 9.17) is 16.3 Å². The molecule has 1 aromatic carbocycles. The molecule has 1 N–H and O–H groups in total. The van der Waals surface area contributed by atoms with Gasteiger partial charge >= 0.3 is 12.3 Å². The summed E-state index contributed by atoms with van der Waals surface area (Å²) in [7, 11) is 0. The highest BCUT2D eigenvalue weighted by Gasteiger charge is 2.50. The van der Waals surface area contributed by atoms with Crippen LogP contribution in [-0.2, 0) is 6.42 Å². The number of aliphatic hydroxyl groups excluding tert-OH is 1. The minimum Gasteiger partial charge on any atom is -0.493 e. The molecule has 1 aromatic rings. The summed E-state index contributed by atoms with van der Waals surface area (Å²) in [5.41, 5.74) is 0.127. The van der Waals surface area contributed by atoms with Crippen LogP contribution < -0.4 is 4.74 Å². The summed E-state index contributed by atoms with van der Waals surface area (Å²) in [6, 6.07) is 2.52. The lowest BCUT2D eigenvalue weighted by Gasteiger charge is -2.23. The number of hydrogen-bond acceptors (Lipinski definition) is 2. The van der Waals surface area contributed by atoms with E-state index in [1.54, 1.807) is 0 Å². The molecule has 0 bridgehead atoms. The molecule has 0 aliphatic carbocycles. The molecule has 1 aliphatic rings. The van der Waals surface area contributed by atoms with Gasteiger partial charge in [-0.2, -0.15) is 8.78 Å². The fourth-order valence-electron chi connectivity index (χ4n) is 1.83. The van der Waals surface area contributed by atoms with Gasteiger partial charge in [-0.3, -0.25) is 0 Å². The van der Waals surface area contributed by atoms with Crippen LogP contribution in [0.1, 0.15) is 17.2 Å². The number of alkyl halides is 4. The first-order valence-electron chi connectivity index (χ1n) is 5.13. The van der Waals surface area contributed by atoms with Crippen LogP contribution >= 0.6 is 11.6 Å². The number of ether oxygens (including phenoxy) is 1. The molecule has 100 valence electrons. The highest BCUT2D eigenvalue weighted by molar-refractivity contribution is 6.30. The Morgan fingerprint density at radius 1 is 1.33 bits per heavy atom. The molecular formula is C11H9ClF4O2. The molecule has 1 unspecified atom stereocenters. The van der Waals surface area contributed by atoms with E-state index >= 15 is 0 Å². The fraction of sp³-hybridized carbons (Fsp3) is 0.455. The van der Waals surface area contributed by atoms with Crippen molar-refractivity contribution in [3.63, 3.8) is 0 Å². The summed E-state index contributed by atoms with van der Waals surface area (Å²) in [6.45, 7) is 0.246. The van der Waals surface area contributed by atoms with Gasteiger partial charge in [0.25, 0.3) is 0 Å². The summed E-state index contributed by atoms with van der Waals surface area (Å²) >= 11 is 5.70. The third-order valence-electron chi connectivity index (χ3n) is 2.73. The fourth-order valence-corrected chi connectivity index (χ4v) is 2.08. The lowest BCUT2D eigenvalue weighted by Crippen LogP contribution is -2.34. The number of rotatable bonds is 3. The topological polar surface area (TPSA) is 29.5 Å². The molecule has 1 aliphatic heterocycles. The summed E-state index contributed by atoms with van der Waals surface area (Å²) in [5.74, 6) is -4.53. The number of hydrogen-bond donors (Lipinski definition) is 1. The molecule has 1 atom stereocenters. The van der Waals surface area contributed by atoms with Gasteiger partial charge < -0.3 is 9.84 Å². The van der Waals surface area contributed by atoms with E-state index in [1.165, 1.54) is 6.07 Å². The molecule has 2 nitrogen and oxygen atoms in total. The highest BCUT2D eigenvalue weighted by atomic mass is 35.5. The smallest absolute Gasteiger partial charge is 0.336 e. The maximum absolute atomic E-state index is 13.1. The number of fused-ring (bicyclic) bond motifs is 1. The van der Waals surface area contributed by atoms with E-state index in [9.17, 15) is 22.7 Å². The molecule has 0 saturated heterocycles. The lowest BCUT2D eigenvalue weighted by molar-refractivity contribution is -0.194. The third kappa shape index (κ3) is 2.14. The summed E-state index contributed by atoms with van der Waals surface area (Å²) in [4.78, 5) is 0. The van der Waals surface area contributed by atoms with Gasteiger partial charge in [0.1, 0.15) is 5.75 Å². The zero-order valence-electron chi connectivity index (χ0n) is 8.97. The van der Waals surface area contributed by atoms with Crippen LogP contribution in [0.15, 0.2) is 12.1 Å². The van der Waals surface area contributed by atoms with Crippen molar-refractivity contribution in [2.45, 2.75) is 24.9 Å². The van der Waals surface area contributed by atoms with Crippen molar-refractivity contribution in [1.29, 1.82) is 0 Å². The van der Waals surface area contributed by atoms with Crippen molar-refractivity contribution in [3.05, 3.63) is 28.3 Å². The first-order chi connectivity index (χ1) is 8.34. The van der Waals surface area contributed by atoms with E-state index in [2.05, 4.69) is 0 Å². The Kier molecular flexibility index (Phi) is 3.42. The minimum absolute atomic E-state index is 0.0206. The first-order valence-corrected chi connectivity index (χ1v) is 5.51. The normalized spacial score (nSPS) is 16.6. The Morgan fingerprint density at radius 3 is 2.61 bits per heavy atom. The maximum Gasteiger partial charge on any atom is 0.336 e. The van der Waals surface area contributed by atoms with Crippen molar-refractivity contribution < 1.29 is 27.4 Å². The average molecular weight is 285 g/mol. The van der Waals surface area contributed by atoms with Crippen molar-refractivity contribution in [2.24, 2.45) is 0 Å². The lowest BCUT2D eigenvalue weighted by atomic mass is 9.99. The Balaban J connectivity index is 2.46. The molecule has 1 heterocycles. The van der Waals surface area contributed by atoms with Crippen molar-refractivity contribution in [2.75, 3.05) is 6.61 Å². The minimum atomic E-state index is -4.55. The SMILES string of the molecule is OC(c1cc(Cl)cc2c1OCC2)C(F)(F)C(F)F. The van der Waals surface area contributed by atoms with Crippen molar-refractivity contribution in [1.82, 2.24) is 0 Å². The Morgan fingerprint density at radius 2 is 2.00 bits per heavy atom. The molecule has 7 heteroatoms. The predicted octanol–water partition coefficient (Wildman–Crippen LogP) is 3.21. The molecule has 0 saturated carbocycles. The second-order valence-corrected chi connectivity index (χ2v) is 4.40. The molecule has 0 amide bonds. The van der Waals surface area contributed by atoms with Crippen LogP contribution in [0.4, 0.5) is 17.6 Å². The van der Waals surface area contributed by atoms with Gasteiger partial charge in [-0.1, -0.05) is 11.6 Å². The molecule has 0 radical (unpaired) electrons. The van der Waals surface area contributed by atoms with Gasteiger partial charge in [0, 0.05) is 17.0 Å². The van der Waals surface area contributed by atoms with Crippen molar-refractivity contribution >= 4 is 11.6 Å². The molecule has 2 rings (SSSR count). The molecule has 0 aromatic heterocycles. The molecular weight excluding hydrogens is 276 g/mol. The van der Waals surface area contributed by atoms with Crippen LogP contribution in [0.25, 0.3) is 0 Å². The van der Waals surface area contributed by atoms with Gasteiger partial charge in [0.2, 0.25) is 0 Å². The van der Waals surface area contributed by atoms with Crippen LogP contribution in [0, 0.1) is 0 Å². The van der Waals surface area contributed by atoms with Gasteiger partial charge in [-0.25, -0.2) is 8.78 Å². The first kappa shape index (κ1) is 13.4.